The second kappa shape index (κ2) is 5.37. The Kier molecular flexibility index (Phi) is 3.33. The molecule has 112 valence electrons. The number of fused-ring (bicyclic) bond motifs is 2. The fraction of sp³-hybridized carbons (Fsp3) is 0. The first-order valence-electron chi connectivity index (χ1n) is 6.91. The van der Waals surface area contributed by atoms with Gasteiger partial charge in [-0.25, -0.2) is 9.78 Å². The number of halogens is 2. The van der Waals surface area contributed by atoms with Crippen LogP contribution in [0.5, 0.6) is 0 Å². The Hall–Kier alpha value is -2.36. The van der Waals surface area contributed by atoms with Crippen molar-refractivity contribution in [1.82, 2.24) is 4.98 Å². The van der Waals surface area contributed by atoms with Crippen molar-refractivity contribution in [3.8, 4) is 11.5 Å². The van der Waals surface area contributed by atoms with Crippen molar-refractivity contribution in [2.24, 2.45) is 0 Å². The van der Waals surface area contributed by atoms with E-state index in [0.29, 0.717) is 21.1 Å². The molecule has 5 heteroatoms. The molecule has 0 radical (unpaired) electrons. The van der Waals surface area contributed by atoms with E-state index in [4.69, 9.17) is 27.6 Å². The summed E-state index contributed by atoms with van der Waals surface area (Å²) in [6, 6.07) is 16.7. The van der Waals surface area contributed by atoms with Gasteiger partial charge in [-0.2, -0.15) is 0 Å². The normalized spacial score (nSPS) is 11.2. The molecule has 0 saturated carbocycles. The van der Waals surface area contributed by atoms with E-state index >= 15 is 0 Å². The van der Waals surface area contributed by atoms with Crippen molar-refractivity contribution in [2.75, 3.05) is 0 Å². The topological polar surface area (TPSA) is 43.1 Å². The van der Waals surface area contributed by atoms with Crippen molar-refractivity contribution >= 4 is 44.9 Å². The number of benzene rings is 3. The van der Waals surface area contributed by atoms with Gasteiger partial charge in [0.1, 0.15) is 5.52 Å². The Morgan fingerprint density at radius 3 is 2.52 bits per heavy atom. The standard InChI is InChI=1S/C18H9Cl2NO2/c19-13-8-14-16(15(20)9-13)21-17(23-18(14)22)12-6-5-10-3-1-2-4-11(10)7-12/h1-9H. The van der Waals surface area contributed by atoms with Crippen LogP contribution >= 0.6 is 23.2 Å². The molecule has 4 rings (SSSR count). The van der Waals surface area contributed by atoms with Crippen molar-refractivity contribution in [2.45, 2.75) is 0 Å². The maximum Gasteiger partial charge on any atom is 0.347 e. The lowest BCUT2D eigenvalue weighted by Crippen LogP contribution is -2.03. The Morgan fingerprint density at radius 1 is 0.913 bits per heavy atom. The van der Waals surface area contributed by atoms with E-state index in [2.05, 4.69) is 4.98 Å². The Bertz CT molecular complexity index is 1120. The first-order chi connectivity index (χ1) is 11.1. The number of hydrogen-bond donors (Lipinski definition) is 0. The predicted molar refractivity (Wildman–Crippen MR) is 93.2 cm³/mol. The number of aromatic nitrogens is 1. The van der Waals surface area contributed by atoms with Gasteiger partial charge < -0.3 is 4.42 Å². The van der Waals surface area contributed by atoms with Crippen LogP contribution in [0.3, 0.4) is 0 Å². The van der Waals surface area contributed by atoms with Gasteiger partial charge in [0.05, 0.1) is 10.4 Å². The average molecular weight is 342 g/mol. The SMILES string of the molecule is O=c1oc(-c2ccc3ccccc3c2)nc2c(Cl)cc(Cl)cc12. The molecule has 3 aromatic carbocycles. The van der Waals surface area contributed by atoms with Crippen LogP contribution in [-0.2, 0) is 0 Å². The second-order valence-corrected chi connectivity index (χ2v) is 6.00. The quantitative estimate of drug-likeness (QED) is 0.470. The molecule has 0 spiro atoms. The van der Waals surface area contributed by atoms with Gasteiger partial charge in [-0.3, -0.25) is 0 Å². The predicted octanol–water partition coefficient (Wildman–Crippen LogP) is 5.32. The molecular formula is C18H9Cl2NO2. The molecule has 0 aliphatic carbocycles. The molecule has 0 N–H and O–H groups in total. The van der Waals surface area contributed by atoms with Gasteiger partial charge in [-0.15, -0.1) is 0 Å². The van der Waals surface area contributed by atoms with E-state index in [9.17, 15) is 4.79 Å². The number of hydrogen-bond acceptors (Lipinski definition) is 3. The molecule has 0 unspecified atom stereocenters. The van der Waals surface area contributed by atoms with E-state index in [1.807, 2.05) is 42.5 Å². The second-order valence-electron chi connectivity index (χ2n) is 5.15. The molecule has 0 aliphatic heterocycles. The molecular weight excluding hydrogens is 333 g/mol. The van der Waals surface area contributed by atoms with Gasteiger partial charge >= 0.3 is 5.63 Å². The molecule has 4 aromatic rings. The van der Waals surface area contributed by atoms with E-state index in [1.54, 1.807) is 6.07 Å². The summed E-state index contributed by atoms with van der Waals surface area (Å²) < 4.78 is 5.35. The number of rotatable bonds is 1. The lowest BCUT2D eigenvalue weighted by molar-refractivity contribution is 0.518. The maximum absolute atomic E-state index is 12.2. The summed E-state index contributed by atoms with van der Waals surface area (Å²) in [6.45, 7) is 0. The first-order valence-corrected chi connectivity index (χ1v) is 7.66. The van der Waals surface area contributed by atoms with Gasteiger partial charge in [0.25, 0.3) is 0 Å². The summed E-state index contributed by atoms with van der Waals surface area (Å²) in [5, 5.41) is 3.10. The zero-order valence-electron chi connectivity index (χ0n) is 11.7. The van der Waals surface area contributed by atoms with Gasteiger partial charge in [-0.05, 0) is 35.0 Å². The third-order valence-electron chi connectivity index (χ3n) is 3.65. The van der Waals surface area contributed by atoms with Gasteiger partial charge in [0.2, 0.25) is 5.89 Å². The highest BCUT2D eigenvalue weighted by Crippen LogP contribution is 2.28. The lowest BCUT2D eigenvalue weighted by Gasteiger charge is -2.05. The van der Waals surface area contributed by atoms with Crippen LogP contribution in [0.25, 0.3) is 33.1 Å². The Labute approximate surface area is 141 Å². The van der Waals surface area contributed by atoms with Gasteiger partial charge in [0, 0.05) is 10.6 Å². The molecule has 3 nitrogen and oxygen atoms in total. The highest BCUT2D eigenvalue weighted by Gasteiger charge is 2.12. The smallest absolute Gasteiger partial charge is 0.347 e. The minimum absolute atomic E-state index is 0.234. The molecule has 1 heterocycles. The molecule has 0 aliphatic rings. The molecule has 0 atom stereocenters. The highest BCUT2D eigenvalue weighted by atomic mass is 35.5. The van der Waals surface area contributed by atoms with E-state index < -0.39 is 5.63 Å². The average Bonchev–Trinajstić information content (AvgIpc) is 2.55. The van der Waals surface area contributed by atoms with E-state index in [0.717, 1.165) is 10.8 Å². The van der Waals surface area contributed by atoms with Gasteiger partial charge in [0.15, 0.2) is 0 Å². The first kappa shape index (κ1) is 14.2. The summed E-state index contributed by atoms with van der Waals surface area (Å²) >= 11 is 12.1. The van der Waals surface area contributed by atoms with Crippen LogP contribution in [-0.4, -0.2) is 4.98 Å². The molecule has 0 amide bonds. The minimum atomic E-state index is -0.512. The molecule has 1 aromatic heterocycles. The fourth-order valence-corrected chi connectivity index (χ4v) is 3.08. The number of nitrogens with zero attached hydrogens (tertiary/aromatic N) is 1. The Morgan fingerprint density at radius 2 is 1.70 bits per heavy atom. The summed E-state index contributed by atoms with van der Waals surface area (Å²) in [5.74, 6) is 0.234. The van der Waals surface area contributed by atoms with Crippen molar-refractivity contribution in [3.05, 3.63) is 75.1 Å². The third kappa shape index (κ3) is 2.48. The summed E-state index contributed by atoms with van der Waals surface area (Å²) in [5.41, 5.74) is 0.590. The van der Waals surface area contributed by atoms with E-state index in [1.165, 1.54) is 6.07 Å². The van der Waals surface area contributed by atoms with E-state index in [-0.39, 0.29) is 11.3 Å². The fourth-order valence-electron chi connectivity index (χ4n) is 2.55. The molecule has 0 fully saturated rings. The lowest BCUT2D eigenvalue weighted by atomic mass is 10.1. The maximum atomic E-state index is 12.2. The van der Waals surface area contributed by atoms with Crippen molar-refractivity contribution < 1.29 is 4.42 Å². The van der Waals surface area contributed by atoms with Crippen LogP contribution in [0, 0.1) is 0 Å². The van der Waals surface area contributed by atoms with Crippen molar-refractivity contribution in [3.63, 3.8) is 0 Å². The third-order valence-corrected chi connectivity index (χ3v) is 4.15. The highest BCUT2D eigenvalue weighted by molar-refractivity contribution is 6.38. The largest absolute Gasteiger partial charge is 0.403 e. The monoisotopic (exact) mass is 341 g/mol. The Balaban J connectivity index is 1.99. The summed E-state index contributed by atoms with van der Waals surface area (Å²) in [6.07, 6.45) is 0. The van der Waals surface area contributed by atoms with Crippen molar-refractivity contribution in [1.29, 1.82) is 0 Å². The molecule has 23 heavy (non-hydrogen) atoms. The summed E-state index contributed by atoms with van der Waals surface area (Å²) in [7, 11) is 0. The van der Waals surface area contributed by atoms with Gasteiger partial charge in [-0.1, -0.05) is 53.5 Å². The van der Waals surface area contributed by atoms with Crippen LogP contribution in [0.1, 0.15) is 0 Å². The van der Waals surface area contributed by atoms with Crippen LogP contribution < -0.4 is 5.63 Å². The molecule has 0 saturated heterocycles. The summed E-state index contributed by atoms with van der Waals surface area (Å²) in [4.78, 5) is 16.6. The van der Waals surface area contributed by atoms with Crippen LogP contribution in [0.2, 0.25) is 10.0 Å². The zero-order chi connectivity index (χ0) is 16.0. The zero-order valence-corrected chi connectivity index (χ0v) is 13.2. The molecule has 0 bridgehead atoms. The van der Waals surface area contributed by atoms with Crippen LogP contribution in [0.15, 0.2) is 63.8 Å². The minimum Gasteiger partial charge on any atom is -0.403 e. The van der Waals surface area contributed by atoms with Crippen LogP contribution in [0.4, 0.5) is 0 Å².